The number of nitrogens with zero attached hydrogens (tertiary/aromatic N) is 3. The van der Waals surface area contributed by atoms with Crippen LogP contribution >= 0.6 is 0 Å². The molecule has 0 bridgehead atoms. The Morgan fingerprint density at radius 3 is 2.74 bits per heavy atom. The number of esters is 1. The maximum Gasteiger partial charge on any atom is 0.321 e. The minimum absolute atomic E-state index is 0.182. The highest BCUT2D eigenvalue weighted by molar-refractivity contribution is 5.80. The van der Waals surface area contributed by atoms with E-state index in [0.717, 1.165) is 0 Å². The number of carbonyl (C=O) groups excluding carboxylic acids is 1. The van der Waals surface area contributed by atoms with Crippen LogP contribution < -0.4 is 0 Å². The molecule has 2 aromatic rings. The van der Waals surface area contributed by atoms with E-state index in [2.05, 4.69) is 15.1 Å². The molecule has 0 fully saturated rings. The summed E-state index contributed by atoms with van der Waals surface area (Å²) in [6.45, 7) is 7.08. The van der Waals surface area contributed by atoms with E-state index in [1.807, 2.05) is 0 Å². The van der Waals surface area contributed by atoms with Gasteiger partial charge in [0.25, 0.3) is 0 Å². The molecule has 102 valence electrons. The number of carbonyl (C=O) groups is 1. The summed E-state index contributed by atoms with van der Waals surface area (Å²) < 4.78 is 15.2. The van der Waals surface area contributed by atoms with Crippen molar-refractivity contribution in [3.63, 3.8) is 0 Å². The lowest BCUT2D eigenvalue weighted by atomic mass is 9.94. The number of rotatable bonds is 4. The smallest absolute Gasteiger partial charge is 0.321 e. The van der Waals surface area contributed by atoms with Crippen molar-refractivity contribution in [1.82, 2.24) is 15.1 Å². The van der Waals surface area contributed by atoms with Gasteiger partial charge in [0, 0.05) is 6.92 Å². The summed E-state index contributed by atoms with van der Waals surface area (Å²) in [6, 6.07) is 0. The average Bonchev–Trinajstić information content (AvgIpc) is 2.97. The zero-order chi connectivity index (χ0) is 14.0. The second-order valence-electron chi connectivity index (χ2n) is 4.52. The van der Waals surface area contributed by atoms with Gasteiger partial charge in [0.1, 0.15) is 17.4 Å². The Kier molecular flexibility index (Phi) is 3.37. The molecule has 0 aliphatic heterocycles. The summed E-state index contributed by atoms with van der Waals surface area (Å²) in [7, 11) is 0. The first-order chi connectivity index (χ1) is 8.95. The average molecular weight is 265 g/mol. The molecule has 0 aromatic carbocycles. The second kappa shape index (κ2) is 4.83. The Bertz CT molecular complexity index is 585. The minimum Gasteiger partial charge on any atom is -0.465 e. The highest BCUT2D eigenvalue weighted by atomic mass is 16.5. The van der Waals surface area contributed by atoms with E-state index >= 15 is 0 Å². The molecule has 2 heterocycles. The summed E-state index contributed by atoms with van der Waals surface area (Å²) in [4.78, 5) is 20.1. The lowest BCUT2D eigenvalue weighted by Gasteiger charge is -2.16. The normalized spacial score (nSPS) is 11.6. The fraction of sp³-hybridized carbons (Fsp3) is 0.500. The summed E-state index contributed by atoms with van der Waals surface area (Å²) in [5.74, 6) is 0.554. The molecule has 0 saturated carbocycles. The van der Waals surface area contributed by atoms with Crippen molar-refractivity contribution in [2.45, 2.75) is 33.1 Å². The van der Waals surface area contributed by atoms with Gasteiger partial charge >= 0.3 is 5.97 Å². The van der Waals surface area contributed by atoms with E-state index in [0.29, 0.717) is 18.2 Å². The number of oxazole rings is 1. The van der Waals surface area contributed by atoms with Gasteiger partial charge in [-0.2, -0.15) is 4.98 Å². The van der Waals surface area contributed by atoms with Gasteiger partial charge in [0.05, 0.1) is 6.61 Å². The summed E-state index contributed by atoms with van der Waals surface area (Å²) in [5, 5.41) is 3.79. The van der Waals surface area contributed by atoms with Crippen molar-refractivity contribution in [3.05, 3.63) is 18.0 Å². The van der Waals surface area contributed by atoms with Gasteiger partial charge in [-0.15, -0.1) is 0 Å². The van der Waals surface area contributed by atoms with Crippen molar-refractivity contribution in [2.24, 2.45) is 0 Å². The van der Waals surface area contributed by atoms with E-state index in [4.69, 9.17) is 13.7 Å². The topological polar surface area (TPSA) is 91.2 Å². The van der Waals surface area contributed by atoms with Crippen LogP contribution in [0.4, 0.5) is 0 Å². The number of hydrogen-bond acceptors (Lipinski definition) is 7. The van der Waals surface area contributed by atoms with Crippen LogP contribution in [0.3, 0.4) is 0 Å². The van der Waals surface area contributed by atoms with Crippen molar-refractivity contribution in [3.8, 4) is 11.5 Å². The molecule has 0 spiro atoms. The first-order valence-corrected chi connectivity index (χ1v) is 5.89. The third kappa shape index (κ3) is 2.49. The van der Waals surface area contributed by atoms with Crippen LogP contribution in [0.2, 0.25) is 0 Å². The predicted molar refractivity (Wildman–Crippen MR) is 64.2 cm³/mol. The zero-order valence-corrected chi connectivity index (χ0v) is 11.3. The van der Waals surface area contributed by atoms with E-state index in [-0.39, 0.29) is 11.7 Å². The Balaban J connectivity index is 2.28. The first-order valence-electron chi connectivity index (χ1n) is 5.89. The summed E-state index contributed by atoms with van der Waals surface area (Å²) >= 11 is 0. The Morgan fingerprint density at radius 1 is 1.42 bits per heavy atom. The minimum atomic E-state index is -1.000. The van der Waals surface area contributed by atoms with Gasteiger partial charge in [0.2, 0.25) is 11.7 Å². The van der Waals surface area contributed by atoms with Gasteiger partial charge in [-0.1, -0.05) is 5.16 Å². The first kappa shape index (κ1) is 13.3. The summed E-state index contributed by atoms with van der Waals surface area (Å²) in [6.07, 6.45) is 1.43. The third-order valence-electron chi connectivity index (χ3n) is 2.59. The molecule has 2 rings (SSSR count). The molecule has 0 aliphatic carbocycles. The van der Waals surface area contributed by atoms with Crippen LogP contribution in [0, 0.1) is 6.92 Å². The standard InChI is InChI=1S/C12H15N3O4/c1-5-17-11(16)12(3,4)10-14-9(15-19-10)8-6-18-7(2)13-8/h6H,5H2,1-4H3. The van der Waals surface area contributed by atoms with Crippen LogP contribution in [-0.4, -0.2) is 27.7 Å². The Hall–Kier alpha value is -2.18. The SMILES string of the molecule is CCOC(=O)C(C)(C)c1nc(-c2coc(C)n2)no1. The molecule has 19 heavy (non-hydrogen) atoms. The van der Waals surface area contributed by atoms with E-state index in [9.17, 15) is 4.79 Å². The molecule has 0 atom stereocenters. The molecular formula is C12H15N3O4. The van der Waals surface area contributed by atoms with Gasteiger partial charge in [-0.05, 0) is 20.8 Å². The lowest BCUT2D eigenvalue weighted by Crippen LogP contribution is -2.31. The van der Waals surface area contributed by atoms with Gasteiger partial charge < -0.3 is 13.7 Å². The number of aryl methyl sites for hydroxylation is 1. The fourth-order valence-electron chi connectivity index (χ4n) is 1.45. The molecule has 0 unspecified atom stereocenters. The number of aromatic nitrogens is 3. The molecular weight excluding hydrogens is 250 g/mol. The third-order valence-corrected chi connectivity index (χ3v) is 2.59. The van der Waals surface area contributed by atoms with Crippen LogP contribution in [0.25, 0.3) is 11.5 Å². The zero-order valence-electron chi connectivity index (χ0n) is 11.3. The number of ether oxygens (including phenoxy) is 1. The molecule has 0 aliphatic rings. The maximum absolute atomic E-state index is 11.8. The predicted octanol–water partition coefficient (Wildman–Crippen LogP) is 1.87. The fourth-order valence-corrected chi connectivity index (χ4v) is 1.45. The molecule has 7 heteroatoms. The van der Waals surface area contributed by atoms with Gasteiger partial charge in [0.15, 0.2) is 5.89 Å². The molecule has 0 saturated heterocycles. The molecule has 0 amide bonds. The van der Waals surface area contributed by atoms with Crippen molar-refractivity contribution in [1.29, 1.82) is 0 Å². The van der Waals surface area contributed by atoms with Gasteiger partial charge in [-0.25, -0.2) is 4.98 Å². The molecule has 0 radical (unpaired) electrons. The molecule has 0 N–H and O–H groups in total. The van der Waals surface area contributed by atoms with E-state index < -0.39 is 11.4 Å². The maximum atomic E-state index is 11.8. The number of hydrogen-bond donors (Lipinski definition) is 0. The highest BCUT2D eigenvalue weighted by Crippen LogP contribution is 2.25. The summed E-state index contributed by atoms with van der Waals surface area (Å²) in [5.41, 5.74) is -0.535. The van der Waals surface area contributed by atoms with E-state index in [1.165, 1.54) is 6.26 Å². The Labute approximate surface area is 110 Å². The van der Waals surface area contributed by atoms with Crippen LogP contribution in [0.5, 0.6) is 0 Å². The van der Waals surface area contributed by atoms with Gasteiger partial charge in [-0.3, -0.25) is 4.79 Å². The second-order valence-corrected chi connectivity index (χ2v) is 4.52. The van der Waals surface area contributed by atoms with Crippen molar-refractivity contribution < 1.29 is 18.5 Å². The lowest BCUT2D eigenvalue weighted by molar-refractivity contribution is -0.149. The van der Waals surface area contributed by atoms with Crippen molar-refractivity contribution in [2.75, 3.05) is 6.61 Å². The van der Waals surface area contributed by atoms with E-state index in [1.54, 1.807) is 27.7 Å². The molecule has 7 nitrogen and oxygen atoms in total. The Morgan fingerprint density at radius 2 is 2.16 bits per heavy atom. The van der Waals surface area contributed by atoms with Crippen LogP contribution in [0.1, 0.15) is 32.6 Å². The largest absolute Gasteiger partial charge is 0.465 e. The highest BCUT2D eigenvalue weighted by Gasteiger charge is 2.37. The quantitative estimate of drug-likeness (QED) is 0.779. The monoisotopic (exact) mass is 265 g/mol. The van der Waals surface area contributed by atoms with Crippen LogP contribution in [-0.2, 0) is 14.9 Å². The van der Waals surface area contributed by atoms with Crippen molar-refractivity contribution >= 4 is 5.97 Å². The van der Waals surface area contributed by atoms with Crippen LogP contribution in [0.15, 0.2) is 15.2 Å². The molecule has 2 aromatic heterocycles.